The summed E-state index contributed by atoms with van der Waals surface area (Å²) in [5, 5.41) is 3.08. The predicted octanol–water partition coefficient (Wildman–Crippen LogP) is 3.05. The molecule has 1 aromatic carbocycles. The number of nitrogens with zero attached hydrogens (tertiary/aromatic N) is 4. The van der Waals surface area contributed by atoms with Gasteiger partial charge in [-0.3, -0.25) is 4.79 Å². The molecule has 5 rings (SSSR count). The smallest absolute Gasteiger partial charge is 0.270 e. The number of anilines is 2. The molecule has 0 spiro atoms. The van der Waals surface area contributed by atoms with Gasteiger partial charge < -0.3 is 19.9 Å². The molecule has 2 aliphatic heterocycles. The van der Waals surface area contributed by atoms with Gasteiger partial charge in [-0.15, -0.1) is 0 Å². The van der Waals surface area contributed by atoms with Crippen LogP contribution in [0.2, 0.25) is 0 Å². The summed E-state index contributed by atoms with van der Waals surface area (Å²) in [6, 6.07) is 13.1. The van der Waals surface area contributed by atoms with E-state index in [0.29, 0.717) is 42.9 Å². The van der Waals surface area contributed by atoms with Crippen LogP contribution in [-0.2, 0) is 11.2 Å². The van der Waals surface area contributed by atoms with Crippen LogP contribution in [0.3, 0.4) is 0 Å². The van der Waals surface area contributed by atoms with E-state index in [1.54, 1.807) is 0 Å². The summed E-state index contributed by atoms with van der Waals surface area (Å²) in [4.78, 5) is 27.3. The van der Waals surface area contributed by atoms with E-state index >= 15 is 0 Å². The molecule has 2 saturated heterocycles. The Kier molecular flexibility index (Phi) is 6.26. The van der Waals surface area contributed by atoms with E-state index < -0.39 is 0 Å². The van der Waals surface area contributed by atoms with Crippen molar-refractivity contribution in [2.24, 2.45) is 5.92 Å². The molecule has 3 heterocycles. The third-order valence-electron chi connectivity index (χ3n) is 6.85. The number of morpholine rings is 1. The Morgan fingerprint density at radius 2 is 1.88 bits per heavy atom. The lowest BCUT2D eigenvalue weighted by molar-refractivity contribution is 0.0946. The van der Waals surface area contributed by atoms with E-state index in [9.17, 15) is 4.79 Å². The normalized spacial score (nSPS) is 23.4. The highest BCUT2D eigenvalue weighted by atomic mass is 16.5. The molecule has 32 heavy (non-hydrogen) atoms. The fourth-order valence-corrected chi connectivity index (χ4v) is 4.78. The Labute approximate surface area is 190 Å². The molecule has 2 unspecified atom stereocenters. The van der Waals surface area contributed by atoms with Crippen LogP contribution >= 0.6 is 0 Å². The van der Waals surface area contributed by atoms with E-state index in [-0.39, 0.29) is 5.91 Å². The molecular weight excluding hydrogens is 402 g/mol. The number of hydrogen-bond donors (Lipinski definition) is 1. The molecule has 3 aliphatic rings. The molecule has 2 aromatic rings. The molecule has 0 radical (unpaired) electrons. The number of amides is 1. The van der Waals surface area contributed by atoms with Crippen LogP contribution in [0.5, 0.6) is 0 Å². The minimum absolute atomic E-state index is 0.0958. The first-order valence-electron chi connectivity index (χ1n) is 12.0. The highest BCUT2D eigenvalue weighted by molar-refractivity contribution is 5.93. The van der Waals surface area contributed by atoms with Gasteiger partial charge in [0, 0.05) is 37.8 Å². The van der Waals surface area contributed by atoms with Gasteiger partial charge in [0.1, 0.15) is 11.5 Å². The van der Waals surface area contributed by atoms with Crippen LogP contribution < -0.4 is 15.1 Å². The van der Waals surface area contributed by atoms with Gasteiger partial charge in [0.2, 0.25) is 5.95 Å². The van der Waals surface area contributed by atoms with Crippen molar-refractivity contribution in [1.29, 1.82) is 0 Å². The van der Waals surface area contributed by atoms with Crippen molar-refractivity contribution < 1.29 is 9.53 Å². The summed E-state index contributed by atoms with van der Waals surface area (Å²) < 4.78 is 5.53. The third-order valence-corrected chi connectivity index (χ3v) is 6.85. The quantitative estimate of drug-likeness (QED) is 0.721. The second-order valence-electron chi connectivity index (χ2n) is 9.34. The van der Waals surface area contributed by atoms with Gasteiger partial charge in [0.25, 0.3) is 5.91 Å². The first-order valence-corrected chi connectivity index (χ1v) is 12.0. The van der Waals surface area contributed by atoms with E-state index in [4.69, 9.17) is 14.7 Å². The van der Waals surface area contributed by atoms with Crippen molar-refractivity contribution in [2.45, 2.75) is 51.1 Å². The van der Waals surface area contributed by atoms with Crippen LogP contribution in [0.15, 0.2) is 36.4 Å². The zero-order valence-corrected chi connectivity index (χ0v) is 18.9. The summed E-state index contributed by atoms with van der Waals surface area (Å²) in [6.07, 6.45) is 5.58. The van der Waals surface area contributed by atoms with Crippen molar-refractivity contribution in [3.8, 4) is 0 Å². The molecule has 1 aromatic heterocycles. The topological polar surface area (TPSA) is 70.6 Å². The fraction of sp³-hybridized carbons (Fsp3) is 0.560. The second kappa shape index (κ2) is 9.45. The van der Waals surface area contributed by atoms with Crippen LogP contribution in [0, 0.1) is 5.92 Å². The zero-order chi connectivity index (χ0) is 21.9. The molecule has 2 atom stereocenters. The largest absolute Gasteiger partial charge is 0.378 e. The average molecular weight is 436 g/mol. The summed E-state index contributed by atoms with van der Waals surface area (Å²) >= 11 is 0. The van der Waals surface area contributed by atoms with Crippen molar-refractivity contribution in [1.82, 2.24) is 15.3 Å². The Balaban J connectivity index is 1.44. The van der Waals surface area contributed by atoms with Gasteiger partial charge in [0.15, 0.2) is 0 Å². The molecule has 1 aliphatic carbocycles. The number of nitrogens with one attached hydrogen (secondary N) is 1. The molecule has 1 N–H and O–H groups in total. The predicted molar refractivity (Wildman–Crippen MR) is 125 cm³/mol. The Morgan fingerprint density at radius 1 is 1.09 bits per heavy atom. The van der Waals surface area contributed by atoms with Crippen molar-refractivity contribution in [3.05, 3.63) is 47.7 Å². The molecule has 1 saturated carbocycles. The monoisotopic (exact) mass is 435 g/mol. The van der Waals surface area contributed by atoms with E-state index in [2.05, 4.69) is 52.4 Å². The average Bonchev–Trinajstić information content (AvgIpc) is 3.60. The van der Waals surface area contributed by atoms with Gasteiger partial charge in [-0.2, -0.15) is 4.98 Å². The summed E-state index contributed by atoms with van der Waals surface area (Å²) in [5.41, 5.74) is 1.79. The minimum Gasteiger partial charge on any atom is -0.378 e. The highest BCUT2D eigenvalue weighted by Gasteiger charge is 2.34. The summed E-state index contributed by atoms with van der Waals surface area (Å²) in [5.74, 6) is 2.04. The Hall–Kier alpha value is -2.67. The van der Waals surface area contributed by atoms with Gasteiger partial charge in [-0.25, -0.2) is 4.98 Å². The molecule has 170 valence electrons. The number of ether oxygens (including phenoxy) is 1. The maximum Gasteiger partial charge on any atom is 0.270 e. The number of carbonyl (C=O) groups is 1. The fourth-order valence-electron chi connectivity index (χ4n) is 4.78. The van der Waals surface area contributed by atoms with Crippen molar-refractivity contribution >= 4 is 17.7 Å². The lowest BCUT2D eigenvalue weighted by Crippen LogP contribution is -2.40. The Morgan fingerprint density at radius 3 is 2.62 bits per heavy atom. The minimum atomic E-state index is -0.0958. The van der Waals surface area contributed by atoms with Crippen molar-refractivity contribution in [3.63, 3.8) is 0 Å². The first kappa shape index (κ1) is 21.2. The molecule has 1 amide bonds. The molecule has 3 fully saturated rings. The SMILES string of the molecule is CC1CCC(Cc2ccccc2)N1c1nc(C(=O)NCC2CC2)cc(N2CCOCC2)n1. The van der Waals surface area contributed by atoms with E-state index in [0.717, 1.165) is 44.7 Å². The van der Waals surface area contributed by atoms with Crippen LogP contribution in [-0.4, -0.2) is 60.8 Å². The number of carbonyl (C=O) groups excluding carboxylic acids is 1. The Bertz CT molecular complexity index is 927. The van der Waals surface area contributed by atoms with Gasteiger partial charge in [0.05, 0.1) is 13.2 Å². The summed E-state index contributed by atoms with van der Waals surface area (Å²) in [7, 11) is 0. The number of rotatable bonds is 7. The molecular formula is C25H33N5O2. The van der Waals surface area contributed by atoms with Crippen LogP contribution in [0.25, 0.3) is 0 Å². The lowest BCUT2D eigenvalue weighted by atomic mass is 10.0. The first-order chi connectivity index (χ1) is 15.7. The standard InChI is InChI=1S/C25H33N5O2/c1-18-7-10-21(15-19-5-3-2-4-6-19)30(18)25-27-22(24(31)26-17-20-8-9-20)16-23(28-25)29-11-13-32-14-12-29/h2-6,16,18,20-21H,7-15,17H2,1H3,(H,26,31). The van der Waals surface area contributed by atoms with E-state index in [1.807, 2.05) is 6.07 Å². The van der Waals surface area contributed by atoms with Gasteiger partial charge in [-0.1, -0.05) is 30.3 Å². The summed E-state index contributed by atoms with van der Waals surface area (Å²) in [6.45, 7) is 5.90. The highest BCUT2D eigenvalue weighted by Crippen LogP contribution is 2.32. The second-order valence-corrected chi connectivity index (χ2v) is 9.34. The van der Waals surface area contributed by atoms with Crippen LogP contribution in [0.1, 0.15) is 48.7 Å². The van der Waals surface area contributed by atoms with Gasteiger partial charge in [-0.05, 0) is 50.5 Å². The number of hydrogen-bond acceptors (Lipinski definition) is 6. The zero-order valence-electron chi connectivity index (χ0n) is 18.9. The molecule has 7 heteroatoms. The molecule has 7 nitrogen and oxygen atoms in total. The van der Waals surface area contributed by atoms with Crippen molar-refractivity contribution in [2.75, 3.05) is 42.6 Å². The van der Waals surface area contributed by atoms with Crippen LogP contribution in [0.4, 0.5) is 11.8 Å². The van der Waals surface area contributed by atoms with Gasteiger partial charge >= 0.3 is 0 Å². The number of benzene rings is 1. The maximum absolute atomic E-state index is 13.0. The third kappa shape index (κ3) is 4.88. The molecule has 0 bridgehead atoms. The number of aromatic nitrogens is 2. The van der Waals surface area contributed by atoms with E-state index in [1.165, 1.54) is 18.4 Å². The maximum atomic E-state index is 13.0. The lowest BCUT2D eigenvalue weighted by Gasteiger charge is -2.32.